The molecule has 3 rings (SSSR count). The van der Waals surface area contributed by atoms with Crippen LogP contribution in [0.25, 0.3) is 22.3 Å². The van der Waals surface area contributed by atoms with Crippen LogP contribution >= 0.6 is 11.8 Å². The van der Waals surface area contributed by atoms with E-state index in [-0.39, 0.29) is 5.69 Å². The summed E-state index contributed by atoms with van der Waals surface area (Å²) in [5, 5.41) is 1.28. The van der Waals surface area contributed by atoms with E-state index in [0.29, 0.717) is 27.6 Å². The van der Waals surface area contributed by atoms with Crippen LogP contribution in [0.3, 0.4) is 0 Å². The van der Waals surface area contributed by atoms with E-state index in [1.54, 1.807) is 11.6 Å². The van der Waals surface area contributed by atoms with Crippen molar-refractivity contribution in [2.24, 2.45) is 7.05 Å². The number of ether oxygens (including phenoxy) is 1. The second-order valence-corrected chi connectivity index (χ2v) is 5.71. The van der Waals surface area contributed by atoms with Crippen molar-refractivity contribution in [3.05, 3.63) is 36.0 Å². The molecule has 1 aromatic carbocycles. The van der Waals surface area contributed by atoms with Gasteiger partial charge in [0.2, 0.25) is 0 Å². The molecule has 118 valence electrons. The van der Waals surface area contributed by atoms with Crippen LogP contribution in [0.5, 0.6) is 0 Å². The summed E-state index contributed by atoms with van der Waals surface area (Å²) in [6.45, 7) is 0. The number of nitrogens with two attached hydrogens (primary N) is 1. The Kier molecular flexibility index (Phi) is 3.96. The minimum atomic E-state index is -0.493. The number of rotatable bonds is 3. The molecule has 0 aliphatic rings. The number of aryl methyl sites for hydroxylation is 1. The second-order valence-electron chi connectivity index (χ2n) is 4.94. The highest BCUT2D eigenvalue weighted by atomic mass is 32.2. The Morgan fingerprint density at radius 1 is 1.26 bits per heavy atom. The van der Waals surface area contributed by atoms with Gasteiger partial charge in [-0.05, 0) is 6.26 Å². The fraction of sp³-hybridized carbons (Fsp3) is 0.188. The van der Waals surface area contributed by atoms with E-state index >= 15 is 0 Å². The molecule has 2 aromatic heterocycles. The van der Waals surface area contributed by atoms with E-state index < -0.39 is 5.97 Å². The summed E-state index contributed by atoms with van der Waals surface area (Å²) in [6.07, 6.45) is 1.91. The Bertz CT molecular complexity index is 890. The Morgan fingerprint density at radius 2 is 1.96 bits per heavy atom. The predicted molar refractivity (Wildman–Crippen MR) is 91.5 cm³/mol. The van der Waals surface area contributed by atoms with Crippen LogP contribution in [0.15, 0.2) is 35.5 Å². The van der Waals surface area contributed by atoms with Gasteiger partial charge in [-0.1, -0.05) is 42.1 Å². The van der Waals surface area contributed by atoms with Crippen LogP contribution in [-0.2, 0) is 11.8 Å². The number of esters is 1. The van der Waals surface area contributed by atoms with Gasteiger partial charge in [0.05, 0.1) is 23.9 Å². The first-order valence-corrected chi connectivity index (χ1v) is 8.14. The number of thioether (sulfide) groups is 1. The van der Waals surface area contributed by atoms with E-state index in [1.165, 1.54) is 18.9 Å². The van der Waals surface area contributed by atoms with Crippen molar-refractivity contribution >= 4 is 34.5 Å². The number of carbonyl (C=O) groups is 1. The number of fused-ring (bicyclic) bond motifs is 1. The monoisotopic (exact) mass is 328 g/mol. The fourth-order valence-electron chi connectivity index (χ4n) is 2.56. The molecule has 0 fully saturated rings. The largest absolute Gasteiger partial charge is 0.464 e. The van der Waals surface area contributed by atoms with Crippen LogP contribution < -0.4 is 5.73 Å². The molecule has 7 heteroatoms. The molecule has 0 atom stereocenters. The van der Waals surface area contributed by atoms with Gasteiger partial charge in [0.25, 0.3) is 0 Å². The van der Waals surface area contributed by atoms with E-state index in [0.717, 1.165) is 5.56 Å². The zero-order valence-electron chi connectivity index (χ0n) is 13.0. The Labute approximate surface area is 137 Å². The molecule has 0 spiro atoms. The number of nitrogen functional groups attached to an aromatic ring is 1. The summed E-state index contributed by atoms with van der Waals surface area (Å²) in [4.78, 5) is 21.2. The Balaban J connectivity index is 2.42. The van der Waals surface area contributed by atoms with Crippen molar-refractivity contribution in [3.63, 3.8) is 0 Å². The van der Waals surface area contributed by atoms with Gasteiger partial charge in [0, 0.05) is 12.6 Å². The standard InChI is InChI=1S/C16H16N4O2S/c1-20-13(15(21)22-2)11(17)10-12(9-7-5-4-6-8-9)18-16(23-3)19-14(10)20/h4-8H,17H2,1-3H3. The summed E-state index contributed by atoms with van der Waals surface area (Å²) in [5.41, 5.74) is 9.10. The number of benzene rings is 1. The molecule has 6 nitrogen and oxygen atoms in total. The summed E-state index contributed by atoms with van der Waals surface area (Å²) in [7, 11) is 3.08. The maximum Gasteiger partial charge on any atom is 0.356 e. The normalized spacial score (nSPS) is 10.9. The zero-order chi connectivity index (χ0) is 16.6. The average Bonchev–Trinajstić information content (AvgIpc) is 2.85. The maximum atomic E-state index is 12.1. The molecule has 3 aromatic rings. The van der Waals surface area contributed by atoms with Gasteiger partial charge >= 0.3 is 5.97 Å². The summed E-state index contributed by atoms with van der Waals surface area (Å²) in [6, 6.07) is 9.71. The SMILES string of the molecule is COC(=O)c1c(N)c2c(-c3ccccc3)nc(SC)nc2n1C. The lowest BCUT2D eigenvalue weighted by atomic mass is 10.1. The summed E-state index contributed by atoms with van der Waals surface area (Å²) >= 11 is 1.44. The number of hydrogen-bond acceptors (Lipinski definition) is 6. The first kappa shape index (κ1) is 15.4. The second kappa shape index (κ2) is 5.92. The first-order valence-electron chi connectivity index (χ1n) is 6.92. The molecule has 0 saturated heterocycles. The van der Waals surface area contributed by atoms with Gasteiger partial charge in [0.1, 0.15) is 5.65 Å². The predicted octanol–water partition coefficient (Wildman–Crippen LogP) is 2.73. The molecule has 0 radical (unpaired) electrons. The minimum absolute atomic E-state index is 0.284. The molecule has 23 heavy (non-hydrogen) atoms. The molecule has 0 aliphatic heterocycles. The van der Waals surface area contributed by atoms with Crippen molar-refractivity contribution in [2.45, 2.75) is 5.16 Å². The van der Waals surface area contributed by atoms with E-state index in [9.17, 15) is 4.79 Å². The quantitative estimate of drug-likeness (QED) is 0.452. The maximum absolute atomic E-state index is 12.1. The molecular formula is C16H16N4O2S. The van der Waals surface area contributed by atoms with Crippen LogP contribution in [0.1, 0.15) is 10.5 Å². The highest BCUT2D eigenvalue weighted by Gasteiger charge is 2.24. The molecule has 0 aliphatic carbocycles. The lowest BCUT2D eigenvalue weighted by Crippen LogP contribution is -2.10. The zero-order valence-corrected chi connectivity index (χ0v) is 13.8. The Morgan fingerprint density at radius 3 is 2.57 bits per heavy atom. The summed E-state index contributed by atoms with van der Waals surface area (Å²) in [5.74, 6) is -0.493. The van der Waals surface area contributed by atoms with Crippen LogP contribution in [0.2, 0.25) is 0 Å². The number of methoxy groups -OCH3 is 1. The van der Waals surface area contributed by atoms with Gasteiger partial charge in [-0.3, -0.25) is 0 Å². The third-order valence-electron chi connectivity index (χ3n) is 3.66. The molecule has 0 amide bonds. The summed E-state index contributed by atoms with van der Waals surface area (Å²) < 4.78 is 6.49. The molecule has 0 unspecified atom stereocenters. The van der Waals surface area contributed by atoms with Gasteiger partial charge in [-0.2, -0.15) is 0 Å². The third kappa shape index (κ3) is 2.43. The molecule has 0 saturated carbocycles. The van der Waals surface area contributed by atoms with Gasteiger partial charge in [0.15, 0.2) is 10.9 Å². The minimum Gasteiger partial charge on any atom is -0.464 e. The van der Waals surface area contributed by atoms with E-state index in [4.69, 9.17) is 10.5 Å². The van der Waals surface area contributed by atoms with E-state index in [2.05, 4.69) is 9.97 Å². The highest BCUT2D eigenvalue weighted by Crippen LogP contribution is 2.35. The number of aromatic nitrogens is 3. The molecular weight excluding hydrogens is 312 g/mol. The number of nitrogens with zero attached hydrogens (tertiary/aromatic N) is 3. The fourth-order valence-corrected chi connectivity index (χ4v) is 2.92. The van der Waals surface area contributed by atoms with Crippen LogP contribution in [0.4, 0.5) is 5.69 Å². The van der Waals surface area contributed by atoms with Crippen molar-refractivity contribution in [3.8, 4) is 11.3 Å². The van der Waals surface area contributed by atoms with E-state index in [1.807, 2.05) is 36.6 Å². The van der Waals surface area contributed by atoms with Crippen molar-refractivity contribution < 1.29 is 9.53 Å². The number of anilines is 1. The lowest BCUT2D eigenvalue weighted by Gasteiger charge is -2.06. The smallest absolute Gasteiger partial charge is 0.356 e. The van der Waals surface area contributed by atoms with Crippen LogP contribution in [0, 0.1) is 0 Å². The topological polar surface area (TPSA) is 83.0 Å². The van der Waals surface area contributed by atoms with Crippen LogP contribution in [-0.4, -0.2) is 33.9 Å². The Hall–Kier alpha value is -2.54. The molecule has 2 heterocycles. The third-order valence-corrected chi connectivity index (χ3v) is 4.20. The average molecular weight is 328 g/mol. The molecule has 0 bridgehead atoms. The lowest BCUT2D eigenvalue weighted by molar-refractivity contribution is 0.0591. The van der Waals surface area contributed by atoms with Crippen molar-refractivity contribution in [2.75, 3.05) is 19.1 Å². The van der Waals surface area contributed by atoms with Gasteiger partial charge in [-0.25, -0.2) is 14.8 Å². The van der Waals surface area contributed by atoms with Crippen molar-refractivity contribution in [1.82, 2.24) is 14.5 Å². The van der Waals surface area contributed by atoms with Gasteiger partial charge < -0.3 is 15.0 Å². The van der Waals surface area contributed by atoms with Gasteiger partial charge in [-0.15, -0.1) is 0 Å². The van der Waals surface area contributed by atoms with Crippen molar-refractivity contribution in [1.29, 1.82) is 0 Å². The molecule has 2 N–H and O–H groups in total. The number of carbonyl (C=O) groups excluding carboxylic acids is 1. The number of hydrogen-bond donors (Lipinski definition) is 1. The highest BCUT2D eigenvalue weighted by molar-refractivity contribution is 7.98. The first-order chi connectivity index (χ1) is 11.1.